The Hall–Kier alpha value is -3.39. The first-order valence-electron chi connectivity index (χ1n) is 11.7. The zero-order valence-electron chi connectivity index (χ0n) is 19.9. The zero-order chi connectivity index (χ0) is 24.8. The molecule has 1 atom stereocenters. The molecule has 4 rings (SSSR count). The van der Waals surface area contributed by atoms with Gasteiger partial charge in [-0.1, -0.05) is 19.1 Å². The molecule has 0 N–H and O–H groups in total. The van der Waals surface area contributed by atoms with Crippen LogP contribution in [-0.2, 0) is 11.2 Å². The predicted octanol–water partition coefficient (Wildman–Crippen LogP) is 4.95. The van der Waals surface area contributed by atoms with Crippen molar-refractivity contribution in [1.82, 2.24) is 9.80 Å². The summed E-state index contributed by atoms with van der Waals surface area (Å²) in [6.45, 7) is 3.06. The predicted molar refractivity (Wildman–Crippen MR) is 134 cm³/mol. The highest BCUT2D eigenvalue weighted by molar-refractivity contribution is 7.10. The molecule has 0 fully saturated rings. The largest absolute Gasteiger partial charge is 0.497 e. The van der Waals surface area contributed by atoms with Crippen LogP contribution in [0, 0.1) is 5.82 Å². The first kappa shape index (κ1) is 24.7. The van der Waals surface area contributed by atoms with Gasteiger partial charge in [-0.3, -0.25) is 9.59 Å². The summed E-state index contributed by atoms with van der Waals surface area (Å²) >= 11 is 1.65. The van der Waals surface area contributed by atoms with E-state index in [-0.39, 0.29) is 36.8 Å². The van der Waals surface area contributed by atoms with E-state index in [1.54, 1.807) is 70.7 Å². The quantitative estimate of drug-likeness (QED) is 0.421. The maximum atomic E-state index is 14.1. The molecule has 0 saturated heterocycles. The van der Waals surface area contributed by atoms with Gasteiger partial charge in [0.1, 0.15) is 18.9 Å². The van der Waals surface area contributed by atoms with E-state index in [2.05, 4.69) is 0 Å². The number of hydrogen-bond acceptors (Lipinski definition) is 5. The van der Waals surface area contributed by atoms with Gasteiger partial charge in [0.05, 0.1) is 13.2 Å². The molecule has 0 bridgehead atoms. The monoisotopic (exact) mass is 496 g/mol. The highest BCUT2D eigenvalue weighted by atomic mass is 32.1. The molecular formula is C27H29FN2O4S. The summed E-state index contributed by atoms with van der Waals surface area (Å²) in [6.07, 6.45) is 1.47. The molecule has 0 aliphatic carbocycles. The van der Waals surface area contributed by atoms with Gasteiger partial charge >= 0.3 is 0 Å². The summed E-state index contributed by atoms with van der Waals surface area (Å²) in [7, 11) is 1.57. The second-order valence-corrected chi connectivity index (χ2v) is 9.35. The number of hydrogen-bond donors (Lipinski definition) is 0. The Morgan fingerprint density at radius 1 is 1.14 bits per heavy atom. The van der Waals surface area contributed by atoms with Crippen LogP contribution in [0.1, 0.15) is 40.2 Å². The lowest BCUT2D eigenvalue weighted by Gasteiger charge is -2.37. The lowest BCUT2D eigenvalue weighted by Crippen LogP contribution is -2.48. The molecule has 184 valence electrons. The van der Waals surface area contributed by atoms with Gasteiger partial charge in [0.15, 0.2) is 11.6 Å². The molecule has 2 heterocycles. The van der Waals surface area contributed by atoms with E-state index in [9.17, 15) is 14.0 Å². The average molecular weight is 497 g/mol. The zero-order valence-corrected chi connectivity index (χ0v) is 20.7. The summed E-state index contributed by atoms with van der Waals surface area (Å²) in [5.41, 5.74) is 1.53. The molecule has 6 nitrogen and oxygen atoms in total. The smallest absolute Gasteiger partial charge is 0.254 e. The molecule has 2 amide bonds. The van der Waals surface area contributed by atoms with Gasteiger partial charge in [-0.05, 0) is 66.2 Å². The van der Waals surface area contributed by atoms with Crippen molar-refractivity contribution in [2.45, 2.75) is 25.8 Å². The SMILES string of the molecule is CCCN(CC(=O)N1CCc2sccc2[C@H]1COc1ccccc1F)C(=O)c1ccc(OC)cc1. The minimum Gasteiger partial charge on any atom is -0.497 e. The van der Waals surface area contributed by atoms with Crippen molar-refractivity contribution in [3.63, 3.8) is 0 Å². The number of fused-ring (bicyclic) bond motifs is 1. The third-order valence-corrected chi connectivity index (χ3v) is 7.09. The van der Waals surface area contributed by atoms with Gasteiger partial charge in [0.2, 0.25) is 5.91 Å². The maximum absolute atomic E-state index is 14.1. The molecule has 0 spiro atoms. The lowest BCUT2D eigenvalue weighted by atomic mass is 10.0. The Morgan fingerprint density at radius 3 is 2.63 bits per heavy atom. The summed E-state index contributed by atoms with van der Waals surface area (Å²) in [6, 6.07) is 14.8. The number of carbonyl (C=O) groups excluding carboxylic acids is 2. The van der Waals surface area contributed by atoms with Gasteiger partial charge in [-0.15, -0.1) is 11.3 Å². The van der Waals surface area contributed by atoms with Gasteiger partial charge < -0.3 is 19.3 Å². The third-order valence-electron chi connectivity index (χ3n) is 6.09. The van der Waals surface area contributed by atoms with Crippen LogP contribution in [0.3, 0.4) is 0 Å². The van der Waals surface area contributed by atoms with E-state index in [0.717, 1.165) is 18.4 Å². The molecule has 2 aromatic carbocycles. The van der Waals surface area contributed by atoms with Crippen LogP contribution in [0.2, 0.25) is 0 Å². The first-order chi connectivity index (χ1) is 17.0. The van der Waals surface area contributed by atoms with Crippen molar-refractivity contribution in [2.24, 2.45) is 0 Å². The van der Waals surface area contributed by atoms with E-state index in [1.807, 2.05) is 18.4 Å². The molecule has 0 saturated carbocycles. The fraction of sp³-hybridized carbons (Fsp3) is 0.333. The van der Waals surface area contributed by atoms with Gasteiger partial charge in [0, 0.05) is 23.5 Å². The standard InChI is InChI=1S/C27H29FN2O4S/c1-3-14-29(27(32)19-8-10-20(33-2)11-9-19)17-26(31)30-15-12-25-21(13-16-35-25)23(30)18-34-24-7-5-4-6-22(24)28/h4-11,13,16,23H,3,12,14-15,17-18H2,1-2H3/t23-/m1/s1. The Bertz CT molecular complexity index is 1160. The Kier molecular flexibility index (Phi) is 8.02. The van der Waals surface area contributed by atoms with Crippen molar-refractivity contribution < 1.29 is 23.5 Å². The Labute approximate surface area is 208 Å². The molecule has 1 aromatic heterocycles. The van der Waals surface area contributed by atoms with Crippen molar-refractivity contribution in [3.8, 4) is 11.5 Å². The highest BCUT2D eigenvalue weighted by Crippen LogP contribution is 2.34. The van der Waals surface area contributed by atoms with E-state index < -0.39 is 5.82 Å². The van der Waals surface area contributed by atoms with Crippen molar-refractivity contribution in [1.29, 1.82) is 0 Å². The molecule has 1 aliphatic rings. The number of halogens is 1. The topological polar surface area (TPSA) is 59.1 Å². The first-order valence-corrected chi connectivity index (χ1v) is 12.6. The van der Waals surface area contributed by atoms with Crippen LogP contribution < -0.4 is 9.47 Å². The Morgan fingerprint density at radius 2 is 1.91 bits per heavy atom. The van der Waals surface area contributed by atoms with Crippen LogP contribution in [0.4, 0.5) is 4.39 Å². The molecule has 0 radical (unpaired) electrons. The summed E-state index contributed by atoms with van der Waals surface area (Å²) in [5.74, 6) is 0.0299. The fourth-order valence-corrected chi connectivity index (χ4v) is 5.23. The number of methoxy groups -OCH3 is 1. The van der Waals surface area contributed by atoms with Crippen molar-refractivity contribution >= 4 is 23.2 Å². The summed E-state index contributed by atoms with van der Waals surface area (Å²) < 4.78 is 25.1. The second kappa shape index (κ2) is 11.4. The number of para-hydroxylation sites is 1. The van der Waals surface area contributed by atoms with Crippen LogP contribution in [0.5, 0.6) is 11.5 Å². The van der Waals surface area contributed by atoms with Gasteiger partial charge in [-0.2, -0.15) is 0 Å². The molecule has 0 unspecified atom stereocenters. The van der Waals surface area contributed by atoms with E-state index in [0.29, 0.717) is 24.4 Å². The fourth-order valence-electron chi connectivity index (χ4n) is 4.30. The van der Waals surface area contributed by atoms with Crippen LogP contribution in [0.15, 0.2) is 60.0 Å². The number of carbonyl (C=O) groups is 2. The van der Waals surface area contributed by atoms with E-state index >= 15 is 0 Å². The third kappa shape index (κ3) is 5.65. The number of amides is 2. The average Bonchev–Trinajstić information content (AvgIpc) is 3.36. The molecule has 8 heteroatoms. The number of thiophene rings is 1. The van der Waals surface area contributed by atoms with Crippen molar-refractivity contribution in [3.05, 3.63) is 81.8 Å². The number of nitrogens with zero attached hydrogens (tertiary/aromatic N) is 2. The summed E-state index contributed by atoms with van der Waals surface area (Å²) in [5, 5.41) is 2.01. The normalized spacial score (nSPS) is 14.8. The lowest BCUT2D eigenvalue weighted by molar-refractivity contribution is -0.135. The molecule has 3 aromatic rings. The molecular weight excluding hydrogens is 467 g/mol. The highest BCUT2D eigenvalue weighted by Gasteiger charge is 2.33. The number of benzene rings is 2. The van der Waals surface area contributed by atoms with Crippen LogP contribution in [0.25, 0.3) is 0 Å². The number of ether oxygens (including phenoxy) is 2. The maximum Gasteiger partial charge on any atom is 0.254 e. The Balaban J connectivity index is 1.51. The van der Waals surface area contributed by atoms with Gasteiger partial charge in [0.25, 0.3) is 5.91 Å². The van der Waals surface area contributed by atoms with Crippen molar-refractivity contribution in [2.75, 3.05) is 33.4 Å². The minimum atomic E-state index is -0.439. The second-order valence-electron chi connectivity index (χ2n) is 8.35. The molecule has 1 aliphatic heterocycles. The minimum absolute atomic E-state index is 0.0334. The van der Waals surface area contributed by atoms with E-state index in [4.69, 9.17) is 9.47 Å². The molecule has 35 heavy (non-hydrogen) atoms. The summed E-state index contributed by atoms with van der Waals surface area (Å²) in [4.78, 5) is 31.3. The van der Waals surface area contributed by atoms with Crippen LogP contribution in [-0.4, -0.2) is 55.0 Å². The van der Waals surface area contributed by atoms with Gasteiger partial charge in [-0.25, -0.2) is 4.39 Å². The van der Waals surface area contributed by atoms with E-state index in [1.165, 1.54) is 10.9 Å². The number of rotatable bonds is 9. The van der Waals surface area contributed by atoms with Crippen LogP contribution >= 0.6 is 11.3 Å².